The largest absolute Gasteiger partial charge is 0.433 e. The molecule has 4 N–H and O–H groups in total. The maximum atomic E-state index is 13.4. The second-order valence-corrected chi connectivity index (χ2v) is 12.2. The minimum atomic E-state index is -0.869. The van der Waals surface area contributed by atoms with Crippen LogP contribution in [0.2, 0.25) is 5.02 Å². The first-order valence-corrected chi connectivity index (χ1v) is 14.6. The Morgan fingerprint density at radius 2 is 1.93 bits per heavy atom. The van der Waals surface area contributed by atoms with Crippen LogP contribution in [0.5, 0.6) is 0 Å². The van der Waals surface area contributed by atoms with Crippen LogP contribution in [0.4, 0.5) is 5.69 Å². The van der Waals surface area contributed by atoms with Crippen LogP contribution in [-0.4, -0.2) is 65.7 Å². The Kier molecular flexibility index (Phi) is 9.61. The van der Waals surface area contributed by atoms with Gasteiger partial charge in [-0.1, -0.05) is 38.8 Å². The normalized spacial score (nSPS) is 29.2. The van der Waals surface area contributed by atoms with Crippen molar-refractivity contribution in [2.75, 3.05) is 12.3 Å². The molecular weight excluding hydrogens is 536 g/mol. The first-order chi connectivity index (χ1) is 18.9. The van der Waals surface area contributed by atoms with Crippen molar-refractivity contribution in [3.05, 3.63) is 28.8 Å². The first kappa shape index (κ1) is 30.1. The predicted octanol–water partition coefficient (Wildman–Crippen LogP) is 3.27. The van der Waals surface area contributed by atoms with Crippen LogP contribution in [0.1, 0.15) is 76.6 Å². The highest BCUT2D eigenvalue weighted by molar-refractivity contribution is 6.33. The van der Waals surface area contributed by atoms with E-state index in [1.165, 1.54) is 23.1 Å². The zero-order valence-electron chi connectivity index (χ0n) is 23.7. The van der Waals surface area contributed by atoms with E-state index < -0.39 is 36.3 Å². The zero-order chi connectivity index (χ0) is 29.1. The number of amides is 3. The van der Waals surface area contributed by atoms with Crippen LogP contribution in [0, 0.1) is 17.8 Å². The van der Waals surface area contributed by atoms with Crippen LogP contribution in [0.3, 0.4) is 0 Å². The molecule has 3 fully saturated rings. The van der Waals surface area contributed by atoms with Crippen molar-refractivity contribution in [3.8, 4) is 0 Å². The van der Waals surface area contributed by atoms with Crippen LogP contribution in [0.15, 0.2) is 18.2 Å². The van der Waals surface area contributed by atoms with E-state index >= 15 is 0 Å². The Morgan fingerprint density at radius 3 is 2.62 bits per heavy atom. The van der Waals surface area contributed by atoms with Crippen molar-refractivity contribution in [1.82, 2.24) is 15.5 Å². The summed E-state index contributed by atoms with van der Waals surface area (Å²) in [7, 11) is 0. The van der Waals surface area contributed by atoms with Gasteiger partial charge in [0.25, 0.3) is 5.91 Å². The molecule has 1 aliphatic carbocycles. The van der Waals surface area contributed by atoms with Crippen LogP contribution >= 0.6 is 11.6 Å². The summed E-state index contributed by atoms with van der Waals surface area (Å²) in [6, 6.07) is 2.28. The lowest BCUT2D eigenvalue weighted by molar-refractivity contribution is -0.191. The van der Waals surface area contributed by atoms with Gasteiger partial charge in [0.2, 0.25) is 18.1 Å². The fourth-order valence-corrected chi connectivity index (χ4v) is 6.24. The number of cyclic esters (lactones) is 1. The average molecular weight is 577 g/mol. The molecule has 0 aromatic heterocycles. The lowest BCUT2D eigenvalue weighted by Crippen LogP contribution is -2.55. The summed E-state index contributed by atoms with van der Waals surface area (Å²) in [5.41, 5.74) is 6.34. The molecule has 0 radical (unpaired) electrons. The third-order valence-corrected chi connectivity index (χ3v) is 8.71. The Hall–Kier alpha value is -2.85. The molecule has 0 bridgehead atoms. The van der Waals surface area contributed by atoms with Crippen molar-refractivity contribution in [2.45, 2.75) is 96.7 Å². The Bertz CT molecular complexity index is 1130. The molecule has 3 amide bonds. The lowest BCUT2D eigenvalue weighted by atomic mass is 9.75. The molecule has 2 heterocycles. The van der Waals surface area contributed by atoms with E-state index in [1.54, 1.807) is 6.92 Å². The van der Waals surface area contributed by atoms with E-state index in [9.17, 15) is 19.2 Å². The van der Waals surface area contributed by atoms with Crippen molar-refractivity contribution in [3.63, 3.8) is 0 Å². The summed E-state index contributed by atoms with van der Waals surface area (Å²) in [4.78, 5) is 53.1. The molecule has 0 unspecified atom stereocenters. The Labute approximate surface area is 240 Å². The smallest absolute Gasteiger partial charge is 0.310 e. The van der Waals surface area contributed by atoms with Gasteiger partial charge in [0, 0.05) is 12.1 Å². The second-order valence-electron chi connectivity index (χ2n) is 11.8. The van der Waals surface area contributed by atoms with Crippen LogP contribution in [0.25, 0.3) is 0 Å². The van der Waals surface area contributed by atoms with E-state index in [0.29, 0.717) is 42.8 Å². The van der Waals surface area contributed by atoms with Crippen LogP contribution < -0.4 is 16.4 Å². The maximum Gasteiger partial charge on any atom is 0.310 e. The van der Waals surface area contributed by atoms with E-state index in [4.69, 9.17) is 26.8 Å². The van der Waals surface area contributed by atoms with Gasteiger partial charge in [0.15, 0.2) is 0 Å². The van der Waals surface area contributed by atoms with Gasteiger partial charge in [0.1, 0.15) is 18.1 Å². The van der Waals surface area contributed by atoms with Crippen molar-refractivity contribution < 1.29 is 28.7 Å². The number of carbonyl (C=O) groups is 4. The summed E-state index contributed by atoms with van der Waals surface area (Å²) in [5.74, 6) is -0.308. The molecule has 2 aliphatic heterocycles. The molecule has 7 atom stereocenters. The molecule has 1 saturated carbocycles. The van der Waals surface area contributed by atoms with Crippen molar-refractivity contribution in [1.29, 1.82) is 0 Å². The molecule has 40 heavy (non-hydrogen) atoms. The van der Waals surface area contributed by atoms with Gasteiger partial charge < -0.3 is 30.7 Å². The fourth-order valence-electron chi connectivity index (χ4n) is 6.06. The highest BCUT2D eigenvalue weighted by Crippen LogP contribution is 2.37. The highest BCUT2D eigenvalue weighted by Gasteiger charge is 2.44. The first-order valence-electron chi connectivity index (χ1n) is 14.3. The number of halogens is 1. The number of ether oxygens (including phenoxy) is 2. The number of anilines is 1. The number of esters is 1. The number of hydrogen-bond acceptors (Lipinski definition) is 7. The summed E-state index contributed by atoms with van der Waals surface area (Å²) in [6.45, 7) is 8.53. The maximum absolute atomic E-state index is 13.4. The third kappa shape index (κ3) is 6.89. The molecule has 0 spiro atoms. The molecule has 4 rings (SSSR count). The SMILES string of the molecule is CC(C)[C@H]1CC[C@H](C)C[C@@H]1O[C@@H]1OC(=O)C[C@@H]1NC(=O)[C@@H]1CCCN1C(=O)[C@H](C)NC(=O)c1ccc(N)c(Cl)c1. The van der Waals surface area contributed by atoms with Gasteiger partial charge in [-0.25, -0.2) is 0 Å². The van der Waals surface area contributed by atoms with Gasteiger partial charge >= 0.3 is 5.97 Å². The number of carbonyl (C=O) groups excluding carboxylic acids is 4. The van der Waals surface area contributed by atoms with Crippen molar-refractivity contribution >= 4 is 41.0 Å². The van der Waals surface area contributed by atoms with E-state index in [1.807, 2.05) is 0 Å². The molecule has 3 aliphatic rings. The summed E-state index contributed by atoms with van der Waals surface area (Å²) < 4.78 is 11.9. The van der Waals surface area contributed by atoms with Gasteiger partial charge in [-0.3, -0.25) is 19.2 Å². The molecule has 1 aromatic carbocycles. The fraction of sp³-hybridized carbons (Fsp3) is 0.655. The number of hydrogen-bond donors (Lipinski definition) is 3. The number of benzene rings is 1. The van der Waals surface area contributed by atoms with Crippen molar-refractivity contribution in [2.24, 2.45) is 17.8 Å². The molecule has 2 saturated heterocycles. The third-order valence-electron chi connectivity index (χ3n) is 8.38. The highest BCUT2D eigenvalue weighted by atomic mass is 35.5. The molecular formula is C29H41ClN4O6. The van der Waals surface area contributed by atoms with Gasteiger partial charge in [0.05, 0.1) is 23.2 Å². The molecule has 1 aromatic rings. The number of likely N-dealkylation sites (tertiary alicyclic amines) is 1. The summed E-state index contributed by atoms with van der Waals surface area (Å²) in [5, 5.41) is 5.86. The van der Waals surface area contributed by atoms with E-state index in [2.05, 4.69) is 31.4 Å². The Balaban J connectivity index is 1.37. The number of nitrogens with one attached hydrogen (secondary N) is 2. The van der Waals surface area contributed by atoms with E-state index in [-0.39, 0.29) is 34.9 Å². The predicted molar refractivity (Wildman–Crippen MR) is 150 cm³/mol. The minimum absolute atomic E-state index is 0.0162. The van der Waals surface area contributed by atoms with Gasteiger partial charge in [-0.2, -0.15) is 0 Å². The average Bonchev–Trinajstić information content (AvgIpc) is 3.51. The zero-order valence-corrected chi connectivity index (χ0v) is 24.4. The second kappa shape index (κ2) is 12.8. The minimum Gasteiger partial charge on any atom is -0.433 e. The number of nitrogen functional groups attached to an aromatic ring is 1. The standard InChI is InChI=1S/C29H41ClN4O6/c1-15(2)19-9-7-16(3)12-24(19)39-29-22(14-25(35)40-29)33-27(37)23-6-5-11-34(23)28(38)17(4)32-26(36)18-8-10-21(31)20(30)13-18/h8,10,13,15-17,19,22-24,29H,5-7,9,11-12,14,31H2,1-4H3,(H,32,36)(H,33,37)/t16-,17-,19+,22-,23-,24-,29+/m0/s1. The van der Waals surface area contributed by atoms with Gasteiger partial charge in [-0.05, 0) is 68.6 Å². The van der Waals surface area contributed by atoms with Gasteiger partial charge in [-0.15, -0.1) is 0 Å². The monoisotopic (exact) mass is 576 g/mol. The topological polar surface area (TPSA) is 140 Å². The van der Waals surface area contributed by atoms with Crippen LogP contribution in [-0.2, 0) is 23.9 Å². The quantitative estimate of drug-likeness (QED) is 0.319. The van der Waals surface area contributed by atoms with E-state index in [0.717, 1.165) is 19.3 Å². The summed E-state index contributed by atoms with van der Waals surface area (Å²) >= 11 is 6.02. The molecule has 220 valence electrons. The Morgan fingerprint density at radius 1 is 1.18 bits per heavy atom. The lowest BCUT2D eigenvalue weighted by Gasteiger charge is -2.39. The molecule has 11 heteroatoms. The molecule has 10 nitrogen and oxygen atoms in total. The number of nitrogens with zero attached hydrogens (tertiary/aromatic N) is 1. The number of rotatable bonds is 8. The number of nitrogens with two attached hydrogens (primary N) is 1. The summed E-state index contributed by atoms with van der Waals surface area (Å²) in [6.07, 6.45) is 3.32.